The Morgan fingerprint density at radius 1 is 1.08 bits per heavy atom. The predicted octanol–water partition coefficient (Wildman–Crippen LogP) is 4.24. The maximum absolute atomic E-state index is 13.3. The molecule has 3 amide bonds. The van der Waals surface area contributed by atoms with Crippen molar-refractivity contribution in [3.8, 4) is 0 Å². The van der Waals surface area contributed by atoms with Gasteiger partial charge in [-0.15, -0.1) is 0 Å². The van der Waals surface area contributed by atoms with E-state index >= 15 is 0 Å². The number of nitrogens with one attached hydrogen (secondary N) is 2. The third-order valence-electron chi connectivity index (χ3n) is 7.02. The summed E-state index contributed by atoms with van der Waals surface area (Å²) >= 11 is 0. The molecule has 39 heavy (non-hydrogen) atoms. The van der Waals surface area contributed by atoms with Crippen molar-refractivity contribution in [3.63, 3.8) is 0 Å². The van der Waals surface area contributed by atoms with E-state index in [2.05, 4.69) is 10.6 Å². The quantitative estimate of drug-likeness (QED) is 0.397. The number of β-amino-alcohol motifs (C(OH)–C–C–N with tert-alkyl or cyclic N) is 1. The molecule has 4 rings (SSSR count). The van der Waals surface area contributed by atoms with Crippen molar-refractivity contribution in [2.45, 2.75) is 70.9 Å². The molecule has 0 radical (unpaired) electrons. The number of carbonyl (C=O) groups excluding carboxylic acids is 3. The van der Waals surface area contributed by atoms with Crippen LogP contribution < -0.4 is 10.6 Å². The molecule has 1 fully saturated rings. The normalized spacial score (nSPS) is 20.3. The molecule has 0 aliphatic carbocycles. The minimum absolute atomic E-state index is 0.0277. The van der Waals surface area contributed by atoms with Gasteiger partial charge in [0.25, 0.3) is 5.91 Å². The largest absolute Gasteiger partial charge is 0.451 e. The third kappa shape index (κ3) is 7.38. The average Bonchev–Trinajstić information content (AvgIpc) is 3.31. The van der Waals surface area contributed by atoms with Gasteiger partial charge in [-0.25, -0.2) is 4.79 Å². The van der Waals surface area contributed by atoms with Crippen LogP contribution in [0, 0.1) is 5.92 Å². The molecule has 9 heteroatoms. The number of rotatable bonds is 8. The molecule has 2 unspecified atom stereocenters. The molecule has 0 spiro atoms. The second-order valence-electron chi connectivity index (χ2n) is 10.6. The van der Waals surface area contributed by atoms with Gasteiger partial charge < -0.3 is 29.8 Å². The number of aliphatic hydroxyl groups excluding tert-OH is 1. The number of para-hydroxylation sites is 1. The zero-order valence-corrected chi connectivity index (χ0v) is 22.6. The highest BCUT2D eigenvalue weighted by Crippen LogP contribution is 2.21. The van der Waals surface area contributed by atoms with Crippen molar-refractivity contribution < 1.29 is 28.6 Å². The summed E-state index contributed by atoms with van der Waals surface area (Å²) in [6, 6.07) is 16.8. The summed E-state index contributed by atoms with van der Waals surface area (Å²) in [5.74, 6) is -0.601. The van der Waals surface area contributed by atoms with Crippen LogP contribution in [0.5, 0.6) is 0 Å². The van der Waals surface area contributed by atoms with Crippen LogP contribution in [-0.4, -0.2) is 58.7 Å². The Morgan fingerprint density at radius 2 is 1.79 bits per heavy atom. The van der Waals surface area contributed by atoms with Crippen molar-refractivity contribution in [1.82, 2.24) is 15.5 Å². The Bertz CT molecular complexity index is 1240. The lowest BCUT2D eigenvalue weighted by Crippen LogP contribution is -2.54. The SMILES string of the molecule is CC(C)C[C@H](NC(=O)c1cc2ccccc2o1)C(=O)NC1CCC(C)N(C(=O)OCc2ccccc2)C[C@@H]1O. The van der Waals surface area contributed by atoms with E-state index in [9.17, 15) is 19.5 Å². The Balaban J connectivity index is 1.38. The molecular formula is C30H37N3O6. The van der Waals surface area contributed by atoms with Crippen molar-refractivity contribution in [2.75, 3.05) is 6.54 Å². The molecule has 1 aliphatic rings. The van der Waals surface area contributed by atoms with E-state index in [-0.39, 0.29) is 36.8 Å². The van der Waals surface area contributed by atoms with Crippen molar-refractivity contribution >= 4 is 28.9 Å². The molecule has 1 saturated heterocycles. The maximum Gasteiger partial charge on any atom is 0.410 e. The topological polar surface area (TPSA) is 121 Å². The lowest BCUT2D eigenvalue weighted by atomic mass is 10.0. The molecule has 4 atom stereocenters. The number of fused-ring (bicyclic) bond motifs is 1. The van der Waals surface area contributed by atoms with Crippen LogP contribution in [0.15, 0.2) is 65.1 Å². The standard InChI is InChI=1S/C30H37N3O6/c1-19(2)15-24(32-29(36)27-16-22-11-7-8-12-26(22)39-27)28(35)31-23-14-13-20(3)33(17-25(23)34)30(37)38-18-21-9-5-4-6-10-21/h4-12,16,19-20,23-25,34H,13-15,17-18H2,1-3H3,(H,31,35)(H,32,36)/t20?,23?,24-,25-/m0/s1. The summed E-state index contributed by atoms with van der Waals surface area (Å²) in [6.45, 7) is 6.00. The molecule has 3 aromatic rings. The van der Waals surface area contributed by atoms with E-state index in [1.807, 2.05) is 69.3 Å². The minimum atomic E-state index is -0.992. The van der Waals surface area contributed by atoms with E-state index in [1.54, 1.807) is 12.1 Å². The van der Waals surface area contributed by atoms with Gasteiger partial charge in [0.05, 0.1) is 18.7 Å². The molecule has 0 saturated carbocycles. The molecular weight excluding hydrogens is 498 g/mol. The zero-order chi connectivity index (χ0) is 27.9. The summed E-state index contributed by atoms with van der Waals surface area (Å²) in [4.78, 5) is 40.6. The minimum Gasteiger partial charge on any atom is -0.451 e. The van der Waals surface area contributed by atoms with Gasteiger partial charge >= 0.3 is 6.09 Å². The van der Waals surface area contributed by atoms with Gasteiger partial charge in [-0.2, -0.15) is 0 Å². The van der Waals surface area contributed by atoms with E-state index in [1.165, 1.54) is 4.90 Å². The Hall–Kier alpha value is -3.85. The van der Waals surface area contributed by atoms with Crippen LogP contribution in [0.3, 0.4) is 0 Å². The Labute approximate surface area is 228 Å². The van der Waals surface area contributed by atoms with E-state index in [0.717, 1.165) is 10.9 Å². The Kier molecular flexibility index (Phi) is 9.24. The molecule has 2 aromatic carbocycles. The van der Waals surface area contributed by atoms with Gasteiger partial charge in [-0.05, 0) is 49.8 Å². The number of ether oxygens (including phenoxy) is 1. The number of benzene rings is 2. The van der Waals surface area contributed by atoms with Crippen molar-refractivity contribution in [1.29, 1.82) is 0 Å². The first kappa shape index (κ1) is 28.2. The highest BCUT2D eigenvalue weighted by molar-refractivity contribution is 5.98. The molecule has 0 bridgehead atoms. The van der Waals surface area contributed by atoms with Crippen LogP contribution in [0.25, 0.3) is 11.0 Å². The van der Waals surface area contributed by atoms with Gasteiger partial charge in [0.15, 0.2) is 5.76 Å². The number of likely N-dealkylation sites (tertiary alicyclic amines) is 1. The van der Waals surface area contributed by atoms with Crippen molar-refractivity contribution in [3.05, 3.63) is 72.0 Å². The first-order chi connectivity index (χ1) is 18.7. The Morgan fingerprint density at radius 3 is 2.51 bits per heavy atom. The summed E-state index contributed by atoms with van der Waals surface area (Å²) < 4.78 is 11.1. The van der Waals surface area contributed by atoms with Crippen LogP contribution in [0.2, 0.25) is 0 Å². The number of amides is 3. The number of hydrogen-bond acceptors (Lipinski definition) is 6. The first-order valence-electron chi connectivity index (χ1n) is 13.5. The highest BCUT2D eigenvalue weighted by atomic mass is 16.6. The fraction of sp³-hybridized carbons (Fsp3) is 0.433. The number of aliphatic hydroxyl groups is 1. The molecule has 1 aromatic heterocycles. The summed E-state index contributed by atoms with van der Waals surface area (Å²) in [6.07, 6.45) is -0.0397. The summed E-state index contributed by atoms with van der Waals surface area (Å²) in [7, 11) is 0. The predicted molar refractivity (Wildman–Crippen MR) is 147 cm³/mol. The molecule has 2 heterocycles. The van der Waals surface area contributed by atoms with Crippen LogP contribution in [0.1, 0.15) is 56.2 Å². The van der Waals surface area contributed by atoms with Gasteiger partial charge in [-0.3, -0.25) is 9.59 Å². The lowest BCUT2D eigenvalue weighted by Gasteiger charge is -2.29. The number of hydrogen-bond donors (Lipinski definition) is 3. The second kappa shape index (κ2) is 12.8. The monoisotopic (exact) mass is 535 g/mol. The van der Waals surface area contributed by atoms with Gasteiger partial charge in [0.2, 0.25) is 5.91 Å². The van der Waals surface area contributed by atoms with Crippen LogP contribution >= 0.6 is 0 Å². The van der Waals surface area contributed by atoms with Gasteiger partial charge in [-0.1, -0.05) is 62.4 Å². The number of nitrogens with zero attached hydrogens (tertiary/aromatic N) is 1. The molecule has 3 N–H and O–H groups in total. The summed E-state index contributed by atoms with van der Waals surface area (Å²) in [5, 5.41) is 17.5. The lowest BCUT2D eigenvalue weighted by molar-refractivity contribution is -0.125. The van der Waals surface area contributed by atoms with E-state index in [4.69, 9.17) is 9.15 Å². The average molecular weight is 536 g/mol. The van der Waals surface area contributed by atoms with Crippen LogP contribution in [-0.2, 0) is 16.1 Å². The second-order valence-corrected chi connectivity index (χ2v) is 10.6. The van der Waals surface area contributed by atoms with Crippen LogP contribution in [0.4, 0.5) is 4.79 Å². The summed E-state index contributed by atoms with van der Waals surface area (Å²) in [5.41, 5.74) is 1.47. The number of furan rings is 1. The fourth-order valence-corrected chi connectivity index (χ4v) is 4.81. The highest BCUT2D eigenvalue weighted by Gasteiger charge is 2.35. The van der Waals surface area contributed by atoms with Crippen molar-refractivity contribution in [2.24, 2.45) is 5.92 Å². The molecule has 9 nitrogen and oxygen atoms in total. The number of carbonyl (C=O) groups is 3. The first-order valence-corrected chi connectivity index (χ1v) is 13.5. The zero-order valence-electron chi connectivity index (χ0n) is 22.6. The van der Waals surface area contributed by atoms with Gasteiger partial charge in [0.1, 0.15) is 18.2 Å². The maximum atomic E-state index is 13.3. The van der Waals surface area contributed by atoms with Gasteiger partial charge in [0, 0.05) is 11.4 Å². The molecule has 1 aliphatic heterocycles. The third-order valence-corrected chi connectivity index (χ3v) is 7.02. The smallest absolute Gasteiger partial charge is 0.410 e. The molecule has 208 valence electrons. The fourth-order valence-electron chi connectivity index (χ4n) is 4.81. The van der Waals surface area contributed by atoms with E-state index in [0.29, 0.717) is 24.8 Å². The van der Waals surface area contributed by atoms with E-state index < -0.39 is 30.2 Å².